The molecule has 1 atom stereocenters. The van der Waals surface area contributed by atoms with E-state index in [0.717, 1.165) is 0 Å². The summed E-state index contributed by atoms with van der Waals surface area (Å²) >= 11 is 0. The highest BCUT2D eigenvalue weighted by Crippen LogP contribution is 2.52. The van der Waals surface area contributed by atoms with E-state index in [1.165, 1.54) is 13.0 Å². The van der Waals surface area contributed by atoms with Crippen LogP contribution in [0.1, 0.15) is 32.6 Å². The van der Waals surface area contributed by atoms with E-state index in [2.05, 4.69) is 4.99 Å². The highest BCUT2D eigenvalue weighted by molar-refractivity contribution is 7.91. The third-order valence-electron chi connectivity index (χ3n) is 3.84. The summed E-state index contributed by atoms with van der Waals surface area (Å²) < 4.78 is 36.8. The molecule has 4 nitrogen and oxygen atoms in total. The molecule has 96 valence electrons. The molecule has 1 saturated heterocycles. The Morgan fingerprint density at radius 2 is 2.06 bits per heavy atom. The van der Waals surface area contributed by atoms with Gasteiger partial charge in [0.2, 0.25) is 6.08 Å². The molecule has 0 aromatic carbocycles. The molecule has 1 aliphatic heterocycles. The monoisotopic (exact) mass is 261 g/mol. The van der Waals surface area contributed by atoms with Crippen LogP contribution in [0, 0.1) is 5.92 Å². The zero-order chi connectivity index (χ0) is 12.7. The summed E-state index contributed by atoms with van der Waals surface area (Å²) in [6.45, 7) is 1.46. The van der Waals surface area contributed by atoms with E-state index < -0.39 is 21.0 Å². The van der Waals surface area contributed by atoms with Gasteiger partial charge in [-0.05, 0) is 25.7 Å². The van der Waals surface area contributed by atoms with Crippen LogP contribution in [-0.4, -0.2) is 37.2 Å². The number of sulfone groups is 1. The first-order valence-electron chi connectivity index (χ1n) is 5.77. The number of rotatable bonds is 2. The average Bonchev–Trinajstić information content (AvgIpc) is 2.13. The van der Waals surface area contributed by atoms with Crippen LogP contribution < -0.4 is 0 Å². The summed E-state index contributed by atoms with van der Waals surface area (Å²) in [5.41, 5.74) is -2.15. The maximum absolute atomic E-state index is 13.6. The molecule has 0 aromatic rings. The molecular weight excluding hydrogens is 245 g/mol. The van der Waals surface area contributed by atoms with Crippen molar-refractivity contribution in [3.63, 3.8) is 0 Å². The second kappa shape index (κ2) is 3.89. The van der Waals surface area contributed by atoms with E-state index >= 15 is 0 Å². The molecule has 1 saturated carbocycles. The van der Waals surface area contributed by atoms with Gasteiger partial charge in [-0.3, -0.25) is 0 Å². The maximum atomic E-state index is 13.6. The number of alkyl halides is 1. The van der Waals surface area contributed by atoms with Gasteiger partial charge in [0.15, 0.2) is 9.84 Å². The van der Waals surface area contributed by atoms with Crippen molar-refractivity contribution in [1.29, 1.82) is 0 Å². The minimum absolute atomic E-state index is 0.0221. The van der Waals surface area contributed by atoms with Gasteiger partial charge >= 0.3 is 0 Å². The van der Waals surface area contributed by atoms with Gasteiger partial charge in [0.25, 0.3) is 0 Å². The van der Waals surface area contributed by atoms with Crippen LogP contribution in [0.15, 0.2) is 4.99 Å². The van der Waals surface area contributed by atoms with Crippen molar-refractivity contribution in [3.05, 3.63) is 0 Å². The average molecular weight is 261 g/mol. The third kappa shape index (κ3) is 2.43. The molecular formula is C11H16FNO3S. The molecule has 0 spiro atoms. The number of isocyanates is 1. The van der Waals surface area contributed by atoms with E-state index in [4.69, 9.17) is 0 Å². The van der Waals surface area contributed by atoms with Gasteiger partial charge in [0.05, 0.1) is 17.0 Å². The quantitative estimate of drug-likeness (QED) is 0.557. The lowest BCUT2D eigenvalue weighted by Gasteiger charge is -2.51. The molecule has 2 aliphatic rings. The van der Waals surface area contributed by atoms with E-state index in [1.54, 1.807) is 0 Å². The van der Waals surface area contributed by atoms with Crippen molar-refractivity contribution in [2.24, 2.45) is 10.9 Å². The zero-order valence-corrected chi connectivity index (χ0v) is 10.6. The Morgan fingerprint density at radius 3 is 2.53 bits per heavy atom. The first-order valence-corrected chi connectivity index (χ1v) is 7.59. The minimum atomic E-state index is -3.06. The molecule has 1 unspecified atom stereocenters. The molecule has 0 bridgehead atoms. The first-order chi connectivity index (χ1) is 7.79. The number of halogens is 1. The smallest absolute Gasteiger partial charge is 0.235 e. The van der Waals surface area contributed by atoms with Gasteiger partial charge < -0.3 is 0 Å². The first kappa shape index (κ1) is 12.7. The van der Waals surface area contributed by atoms with Gasteiger partial charge in [-0.15, -0.1) is 0 Å². The van der Waals surface area contributed by atoms with Crippen LogP contribution in [0.25, 0.3) is 0 Å². The lowest BCUT2D eigenvalue weighted by atomic mass is 9.60. The van der Waals surface area contributed by atoms with Gasteiger partial charge in [0.1, 0.15) is 5.67 Å². The summed E-state index contributed by atoms with van der Waals surface area (Å²) in [6, 6.07) is 0. The molecule has 0 aromatic heterocycles. The van der Waals surface area contributed by atoms with Crippen molar-refractivity contribution in [2.75, 3.05) is 11.5 Å². The lowest BCUT2D eigenvalue weighted by Crippen LogP contribution is -2.58. The Kier molecular flexibility index (Phi) is 2.91. The lowest BCUT2D eigenvalue weighted by molar-refractivity contribution is -0.0246. The van der Waals surface area contributed by atoms with Crippen molar-refractivity contribution in [2.45, 2.75) is 43.8 Å². The fraction of sp³-hybridized carbons (Fsp3) is 0.909. The standard InChI is InChI=1S/C11H16FNO3S/c1-10(12)6-11(7-10,13-8-14)9-3-2-4-17(15,16)5-9/h9H,2-7H2,1H3. The Balaban J connectivity index is 2.21. The summed E-state index contributed by atoms with van der Waals surface area (Å²) in [5.74, 6) is -0.0162. The number of carbonyl (C=O) groups excluding carboxylic acids is 1. The normalized spacial score (nSPS) is 44.5. The summed E-state index contributed by atoms with van der Waals surface area (Å²) in [5, 5.41) is 0. The minimum Gasteiger partial charge on any atom is -0.244 e. The summed E-state index contributed by atoms with van der Waals surface area (Å²) in [7, 11) is -3.06. The second-order valence-corrected chi connectivity index (χ2v) is 7.76. The van der Waals surface area contributed by atoms with Gasteiger partial charge in [-0.1, -0.05) is 0 Å². The number of hydrogen-bond acceptors (Lipinski definition) is 4. The van der Waals surface area contributed by atoms with Crippen molar-refractivity contribution in [3.8, 4) is 0 Å². The van der Waals surface area contributed by atoms with Crippen LogP contribution in [0.5, 0.6) is 0 Å². The van der Waals surface area contributed by atoms with Crippen molar-refractivity contribution >= 4 is 15.9 Å². The SMILES string of the molecule is CC1(F)CC(N=C=O)(C2CCCS(=O)(=O)C2)C1. The highest BCUT2D eigenvalue weighted by atomic mass is 32.2. The van der Waals surface area contributed by atoms with Crippen LogP contribution >= 0.6 is 0 Å². The summed E-state index contributed by atoms with van der Waals surface area (Å²) in [6.07, 6.45) is 3.03. The number of aliphatic imine (C=N–C) groups is 1. The largest absolute Gasteiger partial charge is 0.244 e. The third-order valence-corrected chi connectivity index (χ3v) is 5.66. The van der Waals surface area contributed by atoms with Gasteiger partial charge in [0, 0.05) is 12.8 Å². The fourth-order valence-electron chi connectivity index (χ4n) is 3.22. The Bertz CT molecular complexity index is 457. The van der Waals surface area contributed by atoms with Crippen LogP contribution in [0.2, 0.25) is 0 Å². The highest BCUT2D eigenvalue weighted by Gasteiger charge is 2.58. The van der Waals surface area contributed by atoms with E-state index in [1.807, 2.05) is 0 Å². The van der Waals surface area contributed by atoms with E-state index in [9.17, 15) is 17.6 Å². The molecule has 0 N–H and O–H groups in total. The summed E-state index contributed by atoms with van der Waals surface area (Å²) in [4.78, 5) is 14.2. The Morgan fingerprint density at radius 1 is 1.41 bits per heavy atom. The molecule has 1 heterocycles. The van der Waals surface area contributed by atoms with Gasteiger partial charge in [-0.2, -0.15) is 4.99 Å². The molecule has 17 heavy (non-hydrogen) atoms. The maximum Gasteiger partial charge on any atom is 0.235 e. The molecule has 2 fully saturated rings. The van der Waals surface area contributed by atoms with Crippen LogP contribution in [0.4, 0.5) is 4.39 Å². The molecule has 2 rings (SSSR count). The Hall–Kier alpha value is -0.740. The predicted octanol–water partition coefficient (Wildman–Crippen LogP) is 1.41. The number of hydrogen-bond donors (Lipinski definition) is 0. The fourth-order valence-corrected chi connectivity index (χ4v) is 5.08. The number of nitrogens with zero attached hydrogens (tertiary/aromatic N) is 1. The second-order valence-electron chi connectivity index (χ2n) is 5.53. The van der Waals surface area contributed by atoms with Gasteiger partial charge in [-0.25, -0.2) is 17.6 Å². The molecule has 6 heteroatoms. The zero-order valence-electron chi connectivity index (χ0n) is 9.78. The van der Waals surface area contributed by atoms with E-state index in [-0.39, 0.29) is 30.3 Å². The molecule has 1 aliphatic carbocycles. The van der Waals surface area contributed by atoms with E-state index in [0.29, 0.717) is 12.8 Å². The Labute approximate surface area is 100 Å². The topological polar surface area (TPSA) is 63.6 Å². The molecule has 0 amide bonds. The van der Waals surface area contributed by atoms with Crippen LogP contribution in [-0.2, 0) is 14.6 Å². The van der Waals surface area contributed by atoms with Crippen molar-refractivity contribution in [1.82, 2.24) is 0 Å². The van der Waals surface area contributed by atoms with Crippen LogP contribution in [0.3, 0.4) is 0 Å². The molecule has 0 radical (unpaired) electrons. The predicted molar refractivity (Wildman–Crippen MR) is 61.0 cm³/mol. The van der Waals surface area contributed by atoms with Crippen molar-refractivity contribution < 1.29 is 17.6 Å².